The lowest BCUT2D eigenvalue weighted by Crippen LogP contribution is -2.47. The Morgan fingerprint density at radius 2 is 1.64 bits per heavy atom. The Morgan fingerprint density at radius 3 is 2.18 bits per heavy atom. The predicted octanol–water partition coefficient (Wildman–Crippen LogP) is 5.37. The molecule has 1 aromatic carbocycles. The van der Waals surface area contributed by atoms with Crippen LogP contribution in [-0.2, 0) is 16.0 Å². The van der Waals surface area contributed by atoms with Crippen molar-refractivity contribution < 1.29 is 36.3 Å². The third-order valence-electron chi connectivity index (χ3n) is 4.02. The Morgan fingerprint density at radius 1 is 1.07 bits per heavy atom. The predicted molar refractivity (Wildman–Crippen MR) is 92.4 cm³/mol. The van der Waals surface area contributed by atoms with Crippen LogP contribution in [0.15, 0.2) is 30.5 Å². The molecule has 9 heteroatoms. The number of halogens is 5. The summed E-state index contributed by atoms with van der Waals surface area (Å²) in [6.45, 7) is 5.99. The van der Waals surface area contributed by atoms with E-state index in [2.05, 4.69) is 0 Å². The first-order valence-electron chi connectivity index (χ1n) is 8.46. The maximum atomic E-state index is 13.4. The van der Waals surface area contributed by atoms with Gasteiger partial charge in [0.15, 0.2) is 0 Å². The lowest BCUT2D eigenvalue weighted by atomic mass is 9.93. The molecule has 0 fully saturated rings. The van der Waals surface area contributed by atoms with E-state index in [4.69, 9.17) is 4.74 Å². The Hall–Kier alpha value is -2.45. The summed E-state index contributed by atoms with van der Waals surface area (Å²) in [6, 6.07) is 6.44. The van der Waals surface area contributed by atoms with Crippen LogP contribution in [-0.4, -0.2) is 34.1 Å². The monoisotopic (exact) mass is 405 g/mol. The fraction of sp³-hybridized carbons (Fsp3) is 0.474. The molecule has 0 aliphatic rings. The molecule has 28 heavy (non-hydrogen) atoms. The molecule has 1 aromatic heterocycles. The normalized spacial score (nSPS) is 14.2. The van der Waals surface area contributed by atoms with Crippen molar-refractivity contribution in [3.05, 3.63) is 36.0 Å². The number of Topliss-reactive ketones (excluding diaryl/α,β-unsaturated/α-hetero) is 1. The number of carbonyl (C=O) groups excluding carboxylic acids is 2. The van der Waals surface area contributed by atoms with Gasteiger partial charge in [-0.1, -0.05) is 25.1 Å². The second-order valence-corrected chi connectivity index (χ2v) is 7.56. The number of para-hydroxylation sites is 1. The molecular formula is C19H20F5NO3. The fourth-order valence-corrected chi connectivity index (χ4v) is 2.75. The molecule has 154 valence electrons. The molecule has 0 saturated carbocycles. The van der Waals surface area contributed by atoms with E-state index in [1.807, 2.05) is 0 Å². The molecule has 0 N–H and O–H groups in total. The number of hydrogen-bond acceptors (Lipinski definition) is 3. The van der Waals surface area contributed by atoms with Crippen molar-refractivity contribution in [1.82, 2.24) is 4.57 Å². The van der Waals surface area contributed by atoms with E-state index >= 15 is 0 Å². The van der Waals surface area contributed by atoms with Gasteiger partial charge in [-0.2, -0.15) is 22.0 Å². The summed E-state index contributed by atoms with van der Waals surface area (Å²) >= 11 is 0. The van der Waals surface area contributed by atoms with Gasteiger partial charge in [0.1, 0.15) is 5.60 Å². The standard InChI is InChI=1S/C19H20F5NO3/c1-11(15(26)18(20,21)19(22,23)24)9-12-10-25(16(27)28-17(2,3)4)14-8-6-5-7-13(12)14/h5-8,10-11H,9H2,1-4H3/t11-/m0/s1. The van der Waals surface area contributed by atoms with E-state index in [1.165, 1.54) is 6.20 Å². The highest BCUT2D eigenvalue weighted by molar-refractivity contribution is 5.93. The van der Waals surface area contributed by atoms with Crippen LogP contribution in [0.3, 0.4) is 0 Å². The molecule has 4 nitrogen and oxygen atoms in total. The van der Waals surface area contributed by atoms with Gasteiger partial charge >= 0.3 is 18.2 Å². The first-order chi connectivity index (χ1) is 12.6. The largest absolute Gasteiger partial charge is 0.461 e. The molecule has 1 atom stereocenters. The third kappa shape index (κ3) is 4.34. The van der Waals surface area contributed by atoms with E-state index in [9.17, 15) is 31.5 Å². The highest BCUT2D eigenvalue weighted by Crippen LogP contribution is 2.38. The number of ketones is 1. The van der Waals surface area contributed by atoms with Crippen molar-refractivity contribution in [1.29, 1.82) is 0 Å². The maximum absolute atomic E-state index is 13.4. The van der Waals surface area contributed by atoms with Crippen LogP contribution in [0.1, 0.15) is 33.3 Å². The lowest BCUT2D eigenvalue weighted by Gasteiger charge is -2.21. The van der Waals surface area contributed by atoms with Gasteiger partial charge in [0.2, 0.25) is 5.78 Å². The van der Waals surface area contributed by atoms with Crippen LogP contribution < -0.4 is 0 Å². The summed E-state index contributed by atoms with van der Waals surface area (Å²) in [4.78, 5) is 24.1. The van der Waals surface area contributed by atoms with Crippen molar-refractivity contribution in [2.24, 2.45) is 5.92 Å². The zero-order valence-corrected chi connectivity index (χ0v) is 15.7. The lowest BCUT2D eigenvalue weighted by molar-refractivity contribution is -0.270. The second-order valence-electron chi connectivity index (χ2n) is 7.56. The molecule has 2 rings (SSSR count). The number of aromatic nitrogens is 1. The van der Waals surface area contributed by atoms with Crippen molar-refractivity contribution in [3.63, 3.8) is 0 Å². The first kappa shape index (κ1) is 21.8. The Balaban J connectivity index is 2.38. The number of fused-ring (bicyclic) bond motifs is 1. The van der Waals surface area contributed by atoms with Crippen molar-refractivity contribution in [2.45, 2.75) is 51.8 Å². The average molecular weight is 405 g/mol. The molecule has 0 saturated heterocycles. The van der Waals surface area contributed by atoms with Gasteiger partial charge in [0.05, 0.1) is 5.52 Å². The van der Waals surface area contributed by atoms with Gasteiger partial charge in [-0.25, -0.2) is 4.79 Å². The summed E-state index contributed by atoms with van der Waals surface area (Å²) in [6.07, 6.45) is -5.77. The zero-order valence-electron chi connectivity index (χ0n) is 15.7. The highest BCUT2D eigenvalue weighted by atomic mass is 19.4. The SMILES string of the molecule is C[C@@H](Cc1cn(C(=O)OC(C)(C)C)c2ccccc12)C(=O)C(F)(F)C(F)(F)F. The zero-order chi connectivity index (χ0) is 21.5. The number of alkyl halides is 5. The van der Waals surface area contributed by atoms with Crippen LogP contribution in [0.25, 0.3) is 10.9 Å². The average Bonchev–Trinajstić information content (AvgIpc) is 2.90. The molecular weight excluding hydrogens is 385 g/mol. The van der Waals surface area contributed by atoms with Crippen LogP contribution in [0, 0.1) is 5.92 Å². The molecule has 0 aliphatic heterocycles. The van der Waals surface area contributed by atoms with Gasteiger partial charge in [0, 0.05) is 17.5 Å². The van der Waals surface area contributed by atoms with Crippen molar-refractivity contribution in [2.75, 3.05) is 0 Å². The van der Waals surface area contributed by atoms with E-state index in [0.29, 0.717) is 16.5 Å². The summed E-state index contributed by atoms with van der Waals surface area (Å²) in [5.74, 6) is -9.26. The van der Waals surface area contributed by atoms with Crippen LogP contribution in [0.5, 0.6) is 0 Å². The minimum atomic E-state index is -5.96. The van der Waals surface area contributed by atoms with E-state index < -0.39 is 35.5 Å². The number of ether oxygens (including phenoxy) is 1. The van der Waals surface area contributed by atoms with E-state index in [0.717, 1.165) is 11.5 Å². The molecule has 0 spiro atoms. The molecule has 0 amide bonds. The summed E-state index contributed by atoms with van der Waals surface area (Å²) < 4.78 is 70.5. The Labute approximate surface area is 158 Å². The summed E-state index contributed by atoms with van der Waals surface area (Å²) in [5, 5.41) is 0.461. The molecule has 0 aliphatic carbocycles. The molecule has 0 bridgehead atoms. The molecule has 1 heterocycles. The minimum absolute atomic E-state index is 0.292. The van der Waals surface area contributed by atoms with Gasteiger partial charge in [-0.15, -0.1) is 0 Å². The van der Waals surface area contributed by atoms with Crippen LogP contribution in [0.4, 0.5) is 26.7 Å². The van der Waals surface area contributed by atoms with Crippen molar-refractivity contribution in [3.8, 4) is 0 Å². The number of rotatable bonds is 4. The molecule has 2 aromatic rings. The highest BCUT2D eigenvalue weighted by Gasteiger charge is 2.63. The van der Waals surface area contributed by atoms with Gasteiger partial charge in [0.25, 0.3) is 0 Å². The second kappa shape index (κ2) is 7.18. The number of benzene rings is 1. The number of nitrogens with zero attached hydrogens (tertiary/aromatic N) is 1. The van der Waals surface area contributed by atoms with E-state index in [-0.39, 0.29) is 6.42 Å². The van der Waals surface area contributed by atoms with Crippen molar-refractivity contribution >= 4 is 22.8 Å². The summed E-state index contributed by atoms with van der Waals surface area (Å²) in [5.41, 5.74) is -0.102. The fourth-order valence-electron chi connectivity index (χ4n) is 2.75. The Bertz CT molecular complexity index is 893. The van der Waals surface area contributed by atoms with Gasteiger partial charge < -0.3 is 4.74 Å². The van der Waals surface area contributed by atoms with Gasteiger partial charge in [-0.05, 0) is 38.8 Å². The molecule has 0 radical (unpaired) electrons. The smallest absolute Gasteiger partial charge is 0.443 e. The quantitative estimate of drug-likeness (QED) is 0.643. The van der Waals surface area contributed by atoms with Crippen LogP contribution in [0.2, 0.25) is 0 Å². The maximum Gasteiger partial charge on any atom is 0.461 e. The number of hydrogen-bond donors (Lipinski definition) is 0. The topological polar surface area (TPSA) is 48.3 Å². The van der Waals surface area contributed by atoms with Gasteiger partial charge in [-0.3, -0.25) is 9.36 Å². The minimum Gasteiger partial charge on any atom is -0.443 e. The number of carbonyl (C=O) groups is 2. The van der Waals surface area contributed by atoms with Crippen LogP contribution >= 0.6 is 0 Å². The third-order valence-corrected chi connectivity index (χ3v) is 4.02. The molecule has 0 unspecified atom stereocenters. The summed E-state index contributed by atoms with van der Waals surface area (Å²) in [7, 11) is 0. The Kier molecular flexibility index (Phi) is 5.60. The van der Waals surface area contributed by atoms with E-state index in [1.54, 1.807) is 45.0 Å². The first-order valence-corrected chi connectivity index (χ1v) is 8.46.